The van der Waals surface area contributed by atoms with Gasteiger partial charge < -0.3 is 5.32 Å². The molecule has 0 aliphatic heterocycles. The monoisotopic (exact) mass is 352 g/mol. The van der Waals surface area contributed by atoms with Gasteiger partial charge in [0, 0.05) is 22.5 Å². The van der Waals surface area contributed by atoms with Crippen molar-refractivity contribution in [1.82, 2.24) is 4.98 Å². The largest absolute Gasteiger partial charge is 0.355 e. The van der Waals surface area contributed by atoms with Gasteiger partial charge in [-0.2, -0.15) is 0 Å². The molecule has 0 aliphatic rings. The Morgan fingerprint density at radius 1 is 0.955 bits per heavy atom. The second-order valence-corrected chi connectivity index (χ2v) is 5.85. The number of aromatic nitrogens is 1. The minimum atomic E-state index is 0. The molecule has 1 heterocycles. The Morgan fingerprint density at radius 3 is 2.45 bits per heavy atom. The van der Waals surface area contributed by atoms with Crippen molar-refractivity contribution in [3.63, 3.8) is 0 Å². The lowest BCUT2D eigenvalue weighted by molar-refractivity contribution is 1.24. The molecule has 0 fully saturated rings. The zero-order valence-electron chi connectivity index (χ0n) is 12.2. The van der Waals surface area contributed by atoms with Crippen molar-refractivity contribution >= 4 is 57.9 Å². The van der Waals surface area contributed by atoms with Crippen LogP contribution in [0.5, 0.6) is 0 Å². The molecule has 3 rings (SSSR count). The highest BCUT2D eigenvalue weighted by Gasteiger charge is 2.07. The lowest BCUT2D eigenvalue weighted by Crippen LogP contribution is -1.96. The fourth-order valence-electron chi connectivity index (χ4n) is 2.35. The topological polar surface area (TPSA) is 24.9 Å². The fourth-order valence-corrected chi connectivity index (χ4v) is 2.65. The molecule has 0 saturated heterocycles. The smallest absolute Gasteiger partial charge is 0.0755 e. The predicted molar refractivity (Wildman–Crippen MR) is 98.2 cm³/mol. The van der Waals surface area contributed by atoms with Gasteiger partial charge in [0.25, 0.3) is 0 Å². The van der Waals surface area contributed by atoms with E-state index in [1.807, 2.05) is 31.2 Å². The minimum absolute atomic E-state index is 0. The molecular formula is C17H15Cl3N2. The van der Waals surface area contributed by atoms with E-state index in [0.29, 0.717) is 10.0 Å². The molecule has 0 unspecified atom stereocenters. The maximum Gasteiger partial charge on any atom is 0.0755 e. The number of aryl methyl sites for hydroxylation is 2. The Morgan fingerprint density at radius 2 is 1.73 bits per heavy atom. The van der Waals surface area contributed by atoms with Crippen LogP contribution in [0.3, 0.4) is 0 Å². The molecular weight excluding hydrogens is 339 g/mol. The summed E-state index contributed by atoms with van der Waals surface area (Å²) in [5.41, 5.74) is 5.06. The van der Waals surface area contributed by atoms with Gasteiger partial charge in [-0.05, 0) is 43.7 Å². The van der Waals surface area contributed by atoms with Crippen LogP contribution in [0.1, 0.15) is 11.3 Å². The van der Waals surface area contributed by atoms with Crippen molar-refractivity contribution in [2.75, 3.05) is 5.32 Å². The Balaban J connectivity index is 0.00000176. The highest BCUT2D eigenvalue weighted by molar-refractivity contribution is 6.42. The highest BCUT2D eigenvalue weighted by atomic mass is 35.5. The zero-order chi connectivity index (χ0) is 15.0. The molecule has 1 N–H and O–H groups in total. The number of fused-ring (bicyclic) bond motifs is 1. The van der Waals surface area contributed by atoms with E-state index in [1.54, 1.807) is 6.07 Å². The SMILES string of the molecule is Cc1cc(Nc2ccc(Cl)c(Cl)c2)c2cccc(C)c2n1.Cl. The summed E-state index contributed by atoms with van der Waals surface area (Å²) in [6.07, 6.45) is 0. The normalized spacial score (nSPS) is 10.4. The average Bonchev–Trinajstić information content (AvgIpc) is 2.44. The van der Waals surface area contributed by atoms with Gasteiger partial charge in [-0.1, -0.05) is 41.4 Å². The summed E-state index contributed by atoms with van der Waals surface area (Å²) in [4.78, 5) is 4.62. The Bertz CT molecular complexity index is 831. The van der Waals surface area contributed by atoms with Crippen LogP contribution in [0.15, 0.2) is 42.5 Å². The van der Waals surface area contributed by atoms with Crippen LogP contribution in [0.4, 0.5) is 11.4 Å². The van der Waals surface area contributed by atoms with E-state index in [1.165, 1.54) is 0 Å². The van der Waals surface area contributed by atoms with Gasteiger partial charge in [0.1, 0.15) is 0 Å². The number of nitrogens with zero attached hydrogens (tertiary/aromatic N) is 1. The number of nitrogens with one attached hydrogen (secondary N) is 1. The van der Waals surface area contributed by atoms with Crippen LogP contribution in [0, 0.1) is 13.8 Å². The first kappa shape index (κ1) is 16.9. The molecule has 114 valence electrons. The van der Waals surface area contributed by atoms with Gasteiger partial charge in [-0.15, -0.1) is 12.4 Å². The number of para-hydroxylation sites is 1. The number of halogens is 3. The second kappa shape index (κ2) is 6.74. The van der Waals surface area contributed by atoms with Gasteiger partial charge in [-0.3, -0.25) is 4.98 Å². The number of hydrogen-bond acceptors (Lipinski definition) is 2. The third-order valence-electron chi connectivity index (χ3n) is 3.37. The molecule has 0 spiro atoms. The van der Waals surface area contributed by atoms with Crippen molar-refractivity contribution in [2.24, 2.45) is 0 Å². The first-order valence-corrected chi connectivity index (χ1v) is 7.39. The highest BCUT2D eigenvalue weighted by Crippen LogP contribution is 2.31. The van der Waals surface area contributed by atoms with Gasteiger partial charge in [0.05, 0.1) is 15.6 Å². The van der Waals surface area contributed by atoms with E-state index in [4.69, 9.17) is 23.2 Å². The standard InChI is InChI=1S/C17H14Cl2N2.ClH/c1-10-4-3-5-13-16(8-11(2)20-17(10)13)21-12-6-7-14(18)15(19)9-12;/h3-9H,1-2H3,(H,20,21);1H. The lowest BCUT2D eigenvalue weighted by Gasteiger charge is -2.12. The first-order valence-electron chi connectivity index (χ1n) is 6.63. The molecule has 0 bridgehead atoms. The minimum Gasteiger partial charge on any atom is -0.355 e. The van der Waals surface area contributed by atoms with Gasteiger partial charge in [0.15, 0.2) is 0 Å². The zero-order valence-corrected chi connectivity index (χ0v) is 14.5. The summed E-state index contributed by atoms with van der Waals surface area (Å²) in [5.74, 6) is 0. The Hall–Kier alpha value is -1.48. The van der Waals surface area contributed by atoms with Crippen molar-refractivity contribution in [3.8, 4) is 0 Å². The van der Waals surface area contributed by atoms with Crippen molar-refractivity contribution in [1.29, 1.82) is 0 Å². The molecule has 0 atom stereocenters. The van der Waals surface area contributed by atoms with E-state index >= 15 is 0 Å². The molecule has 0 amide bonds. The Labute approximate surface area is 145 Å². The van der Waals surface area contributed by atoms with Crippen molar-refractivity contribution < 1.29 is 0 Å². The Kier molecular flexibility index (Phi) is 5.17. The molecule has 5 heteroatoms. The molecule has 3 aromatic rings. The van der Waals surface area contributed by atoms with Gasteiger partial charge in [-0.25, -0.2) is 0 Å². The van der Waals surface area contributed by atoms with Crippen LogP contribution in [0.25, 0.3) is 10.9 Å². The maximum atomic E-state index is 6.07. The van der Waals surface area contributed by atoms with Crippen molar-refractivity contribution in [2.45, 2.75) is 13.8 Å². The van der Waals surface area contributed by atoms with Crippen LogP contribution in [-0.2, 0) is 0 Å². The van der Waals surface area contributed by atoms with E-state index < -0.39 is 0 Å². The number of pyridine rings is 1. The second-order valence-electron chi connectivity index (χ2n) is 5.04. The molecule has 1 aromatic heterocycles. The number of rotatable bonds is 2. The summed E-state index contributed by atoms with van der Waals surface area (Å²) >= 11 is 12.0. The van der Waals surface area contributed by atoms with E-state index in [9.17, 15) is 0 Å². The average molecular weight is 354 g/mol. The van der Waals surface area contributed by atoms with Crippen LogP contribution < -0.4 is 5.32 Å². The molecule has 2 aromatic carbocycles. The lowest BCUT2D eigenvalue weighted by atomic mass is 10.1. The van der Waals surface area contributed by atoms with Crippen LogP contribution in [0.2, 0.25) is 10.0 Å². The molecule has 0 radical (unpaired) electrons. The van der Waals surface area contributed by atoms with Crippen molar-refractivity contribution in [3.05, 3.63) is 63.8 Å². The molecule has 0 saturated carbocycles. The van der Waals surface area contributed by atoms with Gasteiger partial charge in [0.2, 0.25) is 0 Å². The van der Waals surface area contributed by atoms with E-state index in [2.05, 4.69) is 29.4 Å². The third-order valence-corrected chi connectivity index (χ3v) is 4.11. The summed E-state index contributed by atoms with van der Waals surface area (Å²) in [6.45, 7) is 4.06. The fraction of sp³-hybridized carbons (Fsp3) is 0.118. The quantitative estimate of drug-likeness (QED) is 0.582. The summed E-state index contributed by atoms with van der Waals surface area (Å²) < 4.78 is 0. The van der Waals surface area contributed by atoms with E-state index in [-0.39, 0.29) is 12.4 Å². The summed E-state index contributed by atoms with van der Waals surface area (Å²) in [6, 6.07) is 13.7. The van der Waals surface area contributed by atoms with E-state index in [0.717, 1.165) is 33.5 Å². The van der Waals surface area contributed by atoms with Gasteiger partial charge >= 0.3 is 0 Å². The number of anilines is 2. The summed E-state index contributed by atoms with van der Waals surface area (Å²) in [5, 5.41) is 5.57. The number of benzene rings is 2. The summed E-state index contributed by atoms with van der Waals surface area (Å²) in [7, 11) is 0. The molecule has 0 aliphatic carbocycles. The van der Waals surface area contributed by atoms with Crippen LogP contribution >= 0.6 is 35.6 Å². The predicted octanol–water partition coefficient (Wildman–Crippen LogP) is 6.32. The maximum absolute atomic E-state index is 6.07. The van der Waals surface area contributed by atoms with Crippen LogP contribution in [-0.4, -0.2) is 4.98 Å². The molecule has 22 heavy (non-hydrogen) atoms. The number of hydrogen-bond donors (Lipinski definition) is 1. The molecule has 2 nitrogen and oxygen atoms in total. The first-order chi connectivity index (χ1) is 10.0. The third kappa shape index (κ3) is 3.30.